The standard InChI is InChI=1S/C7H14N4O4/c1-14-7-4(8)6(13)5(12)3(15-7)2-10-11-9/h3-7,12-13H,2,8H2,1H3/t3-,4-,5-,6-,7-/m1/s1. The highest BCUT2D eigenvalue weighted by molar-refractivity contribution is 4.92. The summed E-state index contributed by atoms with van der Waals surface area (Å²) in [4.78, 5) is 2.54. The lowest BCUT2D eigenvalue weighted by Gasteiger charge is -2.40. The van der Waals surface area contributed by atoms with E-state index in [-0.39, 0.29) is 6.54 Å². The van der Waals surface area contributed by atoms with Gasteiger partial charge >= 0.3 is 0 Å². The van der Waals surface area contributed by atoms with Crippen LogP contribution in [0.5, 0.6) is 0 Å². The number of methoxy groups -OCH3 is 1. The number of aliphatic hydroxyl groups is 2. The summed E-state index contributed by atoms with van der Waals surface area (Å²) in [6.45, 7) is -0.0820. The molecule has 4 N–H and O–H groups in total. The zero-order valence-electron chi connectivity index (χ0n) is 8.22. The lowest BCUT2D eigenvalue weighted by atomic mass is 9.97. The van der Waals surface area contributed by atoms with Crippen molar-refractivity contribution in [3.63, 3.8) is 0 Å². The molecule has 0 saturated carbocycles. The molecule has 0 radical (unpaired) electrons. The van der Waals surface area contributed by atoms with E-state index in [1.165, 1.54) is 7.11 Å². The Morgan fingerprint density at radius 2 is 2.20 bits per heavy atom. The summed E-state index contributed by atoms with van der Waals surface area (Å²) in [5.41, 5.74) is 13.7. The number of aliphatic hydroxyl groups excluding tert-OH is 2. The van der Waals surface area contributed by atoms with Gasteiger partial charge in [-0.25, -0.2) is 0 Å². The second kappa shape index (κ2) is 5.26. The Labute approximate surface area is 86.2 Å². The van der Waals surface area contributed by atoms with Gasteiger partial charge in [-0.2, -0.15) is 0 Å². The molecule has 1 heterocycles. The molecule has 1 rings (SSSR count). The molecule has 0 bridgehead atoms. The topological polar surface area (TPSA) is 134 Å². The van der Waals surface area contributed by atoms with E-state index in [4.69, 9.17) is 20.7 Å². The Hall–Kier alpha value is -0.890. The SMILES string of the molecule is CO[C@@H]1O[C@H](CN=[N+]=[N-])[C@@H](O)[C@H](O)[C@H]1N. The van der Waals surface area contributed by atoms with Gasteiger partial charge in [0.25, 0.3) is 0 Å². The van der Waals surface area contributed by atoms with Crippen molar-refractivity contribution >= 4 is 0 Å². The minimum Gasteiger partial charge on any atom is -0.388 e. The number of hydrogen-bond donors (Lipinski definition) is 3. The molecule has 86 valence electrons. The quantitative estimate of drug-likeness (QED) is 0.308. The zero-order chi connectivity index (χ0) is 11.4. The first-order chi connectivity index (χ1) is 7.11. The highest BCUT2D eigenvalue weighted by Gasteiger charge is 2.42. The van der Waals surface area contributed by atoms with Crippen LogP contribution in [-0.2, 0) is 9.47 Å². The van der Waals surface area contributed by atoms with E-state index in [0.29, 0.717) is 0 Å². The lowest BCUT2D eigenvalue weighted by molar-refractivity contribution is -0.248. The van der Waals surface area contributed by atoms with Gasteiger partial charge in [0.05, 0.1) is 18.7 Å². The van der Waals surface area contributed by atoms with Crippen molar-refractivity contribution in [2.45, 2.75) is 30.6 Å². The van der Waals surface area contributed by atoms with Crippen LogP contribution < -0.4 is 5.73 Å². The van der Waals surface area contributed by atoms with Gasteiger partial charge in [-0.15, -0.1) is 0 Å². The van der Waals surface area contributed by atoms with E-state index in [2.05, 4.69) is 10.0 Å². The number of nitrogens with two attached hydrogens (primary N) is 1. The average molecular weight is 218 g/mol. The van der Waals surface area contributed by atoms with Gasteiger partial charge in [-0.1, -0.05) is 5.11 Å². The smallest absolute Gasteiger partial charge is 0.175 e. The van der Waals surface area contributed by atoms with E-state index < -0.39 is 30.6 Å². The molecule has 0 spiro atoms. The van der Waals surface area contributed by atoms with Crippen molar-refractivity contribution in [2.75, 3.05) is 13.7 Å². The second-order valence-electron chi connectivity index (χ2n) is 3.25. The third kappa shape index (κ3) is 2.57. The molecule has 1 aliphatic rings. The van der Waals surface area contributed by atoms with Gasteiger partial charge in [0, 0.05) is 12.0 Å². The monoisotopic (exact) mass is 218 g/mol. The highest BCUT2D eigenvalue weighted by atomic mass is 16.7. The van der Waals surface area contributed by atoms with Gasteiger partial charge < -0.3 is 25.4 Å². The Kier molecular flexibility index (Phi) is 4.28. The van der Waals surface area contributed by atoms with Crippen LogP contribution >= 0.6 is 0 Å². The summed E-state index contributed by atoms with van der Waals surface area (Å²) in [5.74, 6) is 0. The van der Waals surface area contributed by atoms with Crippen molar-refractivity contribution < 1.29 is 19.7 Å². The molecular weight excluding hydrogens is 204 g/mol. The Morgan fingerprint density at radius 1 is 1.53 bits per heavy atom. The second-order valence-corrected chi connectivity index (χ2v) is 3.25. The zero-order valence-corrected chi connectivity index (χ0v) is 8.22. The van der Waals surface area contributed by atoms with Crippen LogP contribution in [-0.4, -0.2) is 54.5 Å². The van der Waals surface area contributed by atoms with Gasteiger partial charge in [0.15, 0.2) is 6.29 Å². The lowest BCUT2D eigenvalue weighted by Crippen LogP contribution is -2.62. The summed E-state index contributed by atoms with van der Waals surface area (Å²) in [6.07, 6.45) is -3.97. The van der Waals surface area contributed by atoms with E-state index in [1.807, 2.05) is 0 Å². The van der Waals surface area contributed by atoms with Crippen LogP contribution in [0, 0.1) is 0 Å². The maximum Gasteiger partial charge on any atom is 0.175 e. The molecule has 1 saturated heterocycles. The molecule has 1 aliphatic heterocycles. The third-order valence-corrected chi connectivity index (χ3v) is 2.31. The number of rotatable bonds is 3. The molecule has 8 nitrogen and oxygen atoms in total. The summed E-state index contributed by atoms with van der Waals surface area (Å²) in [7, 11) is 1.37. The molecule has 0 amide bonds. The van der Waals surface area contributed by atoms with Gasteiger partial charge in [0.1, 0.15) is 12.2 Å². The van der Waals surface area contributed by atoms with Crippen molar-refractivity contribution in [1.29, 1.82) is 0 Å². The number of ether oxygens (including phenoxy) is 2. The number of hydrogen-bond acceptors (Lipinski definition) is 6. The summed E-state index contributed by atoms with van der Waals surface area (Å²) >= 11 is 0. The minimum absolute atomic E-state index is 0.0820. The van der Waals surface area contributed by atoms with Crippen LogP contribution in [0.4, 0.5) is 0 Å². The maximum atomic E-state index is 9.55. The van der Waals surface area contributed by atoms with E-state index in [9.17, 15) is 10.2 Å². The van der Waals surface area contributed by atoms with Crippen molar-refractivity contribution in [3.8, 4) is 0 Å². The highest BCUT2D eigenvalue weighted by Crippen LogP contribution is 2.20. The molecule has 0 aliphatic carbocycles. The van der Waals surface area contributed by atoms with Crippen LogP contribution in [0.1, 0.15) is 0 Å². The van der Waals surface area contributed by atoms with Crippen LogP contribution in [0.3, 0.4) is 0 Å². The molecule has 1 fully saturated rings. The minimum atomic E-state index is -1.18. The Bertz CT molecular complexity index is 255. The fourth-order valence-corrected chi connectivity index (χ4v) is 1.43. The van der Waals surface area contributed by atoms with Crippen LogP contribution in [0.25, 0.3) is 10.4 Å². The summed E-state index contributed by atoms with van der Waals surface area (Å²) < 4.78 is 10.1. The molecule has 0 aromatic carbocycles. The molecular formula is C7H14N4O4. The number of azide groups is 1. The van der Waals surface area contributed by atoms with Gasteiger partial charge in [-0.05, 0) is 5.53 Å². The van der Waals surface area contributed by atoms with Crippen LogP contribution in [0.2, 0.25) is 0 Å². The third-order valence-electron chi connectivity index (χ3n) is 2.31. The maximum absolute atomic E-state index is 9.55. The molecule has 0 aromatic rings. The first-order valence-electron chi connectivity index (χ1n) is 4.42. The molecule has 5 atom stereocenters. The molecule has 15 heavy (non-hydrogen) atoms. The summed E-state index contributed by atoms with van der Waals surface area (Å²) in [5, 5.41) is 22.4. The Morgan fingerprint density at radius 3 is 2.73 bits per heavy atom. The van der Waals surface area contributed by atoms with Crippen LogP contribution in [0.15, 0.2) is 5.11 Å². The first-order valence-corrected chi connectivity index (χ1v) is 4.42. The molecule has 0 unspecified atom stereocenters. The van der Waals surface area contributed by atoms with E-state index in [1.54, 1.807) is 0 Å². The Balaban J connectivity index is 2.69. The molecule has 8 heteroatoms. The number of nitrogens with zero attached hydrogens (tertiary/aromatic N) is 3. The average Bonchev–Trinajstić information content (AvgIpc) is 2.25. The predicted octanol–water partition coefficient (Wildman–Crippen LogP) is -1.28. The fourth-order valence-electron chi connectivity index (χ4n) is 1.43. The first kappa shape index (κ1) is 12.2. The fraction of sp³-hybridized carbons (Fsp3) is 1.00. The normalized spacial score (nSPS) is 40.9. The van der Waals surface area contributed by atoms with Crippen molar-refractivity contribution in [1.82, 2.24) is 0 Å². The largest absolute Gasteiger partial charge is 0.388 e. The predicted molar refractivity (Wildman–Crippen MR) is 49.7 cm³/mol. The van der Waals surface area contributed by atoms with Crippen molar-refractivity contribution in [2.24, 2.45) is 10.8 Å². The summed E-state index contributed by atoms with van der Waals surface area (Å²) in [6, 6.07) is -0.827. The van der Waals surface area contributed by atoms with Gasteiger partial charge in [0.2, 0.25) is 0 Å². The van der Waals surface area contributed by atoms with Gasteiger partial charge in [-0.3, -0.25) is 0 Å². The van der Waals surface area contributed by atoms with Crippen molar-refractivity contribution in [3.05, 3.63) is 10.4 Å². The van der Waals surface area contributed by atoms with E-state index >= 15 is 0 Å². The van der Waals surface area contributed by atoms with E-state index in [0.717, 1.165) is 0 Å². The molecule has 0 aromatic heterocycles.